The maximum Gasteiger partial charge on any atom is 0.254 e. The summed E-state index contributed by atoms with van der Waals surface area (Å²) >= 11 is 0. The van der Waals surface area contributed by atoms with E-state index in [1.54, 1.807) is 4.90 Å². The molecule has 3 amide bonds. The normalized spacial score (nSPS) is 20.0. The Morgan fingerprint density at radius 2 is 1.49 bits per heavy atom. The van der Waals surface area contributed by atoms with Gasteiger partial charge in [0.1, 0.15) is 12.1 Å². The van der Waals surface area contributed by atoms with Crippen molar-refractivity contribution in [1.82, 2.24) is 14.7 Å². The van der Waals surface area contributed by atoms with Gasteiger partial charge in [-0.15, -0.1) is 0 Å². The van der Waals surface area contributed by atoms with Crippen molar-refractivity contribution in [1.29, 1.82) is 0 Å². The fraction of sp³-hybridized carbons (Fsp3) is 0.464. The first kappa shape index (κ1) is 23.4. The number of piperidine rings is 2. The van der Waals surface area contributed by atoms with Crippen LogP contribution in [-0.2, 0) is 9.59 Å². The summed E-state index contributed by atoms with van der Waals surface area (Å²) in [7, 11) is 0. The number of amides is 3. The standard InChI is InChI=1S/C28H34N4O3/c1-22-10-6-7-13-24(22)26(34)30-18-14-28(15-19-30)27(35)31(20-25(33)29-16-8-3-9-17-29)21-32(28)23-11-4-2-5-12-23/h2,4-7,10-13H,3,8-9,14-21H2,1H3. The number of hydrogen-bond acceptors (Lipinski definition) is 4. The number of para-hydroxylation sites is 1. The first-order valence-corrected chi connectivity index (χ1v) is 12.7. The summed E-state index contributed by atoms with van der Waals surface area (Å²) in [4.78, 5) is 47.8. The van der Waals surface area contributed by atoms with Crippen LogP contribution in [0.4, 0.5) is 5.69 Å². The van der Waals surface area contributed by atoms with Crippen LogP contribution in [0.15, 0.2) is 54.6 Å². The summed E-state index contributed by atoms with van der Waals surface area (Å²) in [6.45, 7) is 5.05. The second-order valence-electron chi connectivity index (χ2n) is 9.99. The van der Waals surface area contributed by atoms with Crippen molar-refractivity contribution >= 4 is 23.4 Å². The predicted octanol–water partition coefficient (Wildman–Crippen LogP) is 3.29. The Morgan fingerprint density at radius 3 is 2.17 bits per heavy atom. The smallest absolute Gasteiger partial charge is 0.254 e. The summed E-state index contributed by atoms with van der Waals surface area (Å²) < 4.78 is 0. The summed E-state index contributed by atoms with van der Waals surface area (Å²) in [6.07, 6.45) is 4.32. The van der Waals surface area contributed by atoms with Gasteiger partial charge in [-0.1, -0.05) is 36.4 Å². The van der Waals surface area contributed by atoms with E-state index in [1.807, 2.05) is 71.3 Å². The van der Waals surface area contributed by atoms with Crippen LogP contribution in [0.25, 0.3) is 0 Å². The number of likely N-dealkylation sites (tertiary alicyclic amines) is 2. The van der Waals surface area contributed by atoms with Gasteiger partial charge in [0.05, 0.1) is 6.67 Å². The van der Waals surface area contributed by atoms with E-state index in [9.17, 15) is 14.4 Å². The van der Waals surface area contributed by atoms with E-state index in [-0.39, 0.29) is 24.3 Å². The third-order valence-corrected chi connectivity index (χ3v) is 7.87. The van der Waals surface area contributed by atoms with Crippen molar-refractivity contribution in [2.45, 2.75) is 44.6 Å². The molecule has 184 valence electrons. The molecule has 3 heterocycles. The molecule has 3 aliphatic heterocycles. The van der Waals surface area contributed by atoms with E-state index in [4.69, 9.17) is 0 Å². The molecule has 3 saturated heterocycles. The molecule has 2 aromatic rings. The maximum absolute atomic E-state index is 13.9. The molecule has 3 aliphatic rings. The lowest BCUT2D eigenvalue weighted by Crippen LogP contribution is -2.57. The van der Waals surface area contributed by atoms with Gasteiger partial charge in [-0.05, 0) is 62.8 Å². The monoisotopic (exact) mass is 474 g/mol. The highest BCUT2D eigenvalue weighted by molar-refractivity contribution is 5.98. The van der Waals surface area contributed by atoms with Crippen molar-refractivity contribution in [3.05, 3.63) is 65.7 Å². The van der Waals surface area contributed by atoms with E-state index < -0.39 is 5.54 Å². The number of hydrogen-bond donors (Lipinski definition) is 0. The lowest BCUT2D eigenvalue weighted by Gasteiger charge is -2.43. The van der Waals surface area contributed by atoms with Crippen molar-refractivity contribution in [2.24, 2.45) is 0 Å². The third kappa shape index (κ3) is 4.40. The molecule has 0 aromatic heterocycles. The van der Waals surface area contributed by atoms with Crippen LogP contribution in [0.5, 0.6) is 0 Å². The molecule has 3 fully saturated rings. The molecule has 2 aromatic carbocycles. The number of carbonyl (C=O) groups excluding carboxylic acids is 3. The fourth-order valence-electron chi connectivity index (χ4n) is 5.79. The zero-order valence-electron chi connectivity index (χ0n) is 20.5. The number of rotatable bonds is 4. The Labute approximate surface area is 207 Å². The summed E-state index contributed by atoms with van der Waals surface area (Å²) in [5, 5.41) is 0. The molecule has 0 unspecified atom stereocenters. The van der Waals surface area contributed by atoms with E-state index in [2.05, 4.69) is 4.90 Å². The Balaban J connectivity index is 1.35. The first-order chi connectivity index (χ1) is 17.0. The Bertz CT molecular complexity index is 1090. The molecule has 7 nitrogen and oxygen atoms in total. The van der Waals surface area contributed by atoms with Gasteiger partial charge in [0.2, 0.25) is 5.91 Å². The van der Waals surface area contributed by atoms with Crippen molar-refractivity contribution < 1.29 is 14.4 Å². The Kier molecular flexibility index (Phi) is 6.50. The third-order valence-electron chi connectivity index (χ3n) is 7.87. The topological polar surface area (TPSA) is 64.2 Å². The van der Waals surface area contributed by atoms with Gasteiger partial charge >= 0.3 is 0 Å². The molecular formula is C28H34N4O3. The van der Waals surface area contributed by atoms with E-state index in [0.717, 1.165) is 49.2 Å². The fourth-order valence-corrected chi connectivity index (χ4v) is 5.79. The Hall–Kier alpha value is -3.35. The molecule has 7 heteroatoms. The van der Waals surface area contributed by atoms with Crippen LogP contribution in [0.2, 0.25) is 0 Å². The lowest BCUT2D eigenvalue weighted by atomic mass is 9.85. The van der Waals surface area contributed by atoms with Crippen LogP contribution in [0, 0.1) is 6.92 Å². The van der Waals surface area contributed by atoms with Crippen LogP contribution >= 0.6 is 0 Å². The molecule has 0 N–H and O–H groups in total. The van der Waals surface area contributed by atoms with Crippen molar-refractivity contribution in [3.63, 3.8) is 0 Å². The second-order valence-corrected chi connectivity index (χ2v) is 9.99. The van der Waals surface area contributed by atoms with Gasteiger partial charge in [0.25, 0.3) is 11.8 Å². The molecule has 35 heavy (non-hydrogen) atoms. The van der Waals surface area contributed by atoms with E-state index >= 15 is 0 Å². The number of aryl methyl sites for hydroxylation is 1. The number of nitrogens with zero attached hydrogens (tertiary/aromatic N) is 4. The van der Waals surface area contributed by atoms with Gasteiger partial charge < -0.3 is 19.6 Å². The highest BCUT2D eigenvalue weighted by Crippen LogP contribution is 2.39. The average Bonchev–Trinajstić information content (AvgIpc) is 3.16. The summed E-state index contributed by atoms with van der Waals surface area (Å²) in [6, 6.07) is 17.6. The number of carbonyl (C=O) groups is 3. The van der Waals surface area contributed by atoms with Crippen LogP contribution in [-0.4, -0.2) is 77.4 Å². The molecule has 1 spiro atoms. The highest BCUT2D eigenvalue weighted by Gasteiger charge is 2.54. The molecule has 0 aliphatic carbocycles. The molecule has 0 atom stereocenters. The van der Waals surface area contributed by atoms with E-state index in [1.165, 1.54) is 0 Å². The highest BCUT2D eigenvalue weighted by atomic mass is 16.2. The van der Waals surface area contributed by atoms with Gasteiger partial charge in [-0.2, -0.15) is 0 Å². The van der Waals surface area contributed by atoms with Gasteiger partial charge in [-0.3, -0.25) is 14.4 Å². The second kappa shape index (κ2) is 9.72. The minimum Gasteiger partial charge on any atom is -0.341 e. The minimum absolute atomic E-state index is 0.00898. The maximum atomic E-state index is 13.9. The zero-order chi connectivity index (χ0) is 24.4. The van der Waals surface area contributed by atoms with E-state index in [0.29, 0.717) is 32.6 Å². The largest absolute Gasteiger partial charge is 0.341 e. The van der Waals surface area contributed by atoms with Crippen LogP contribution in [0.3, 0.4) is 0 Å². The van der Waals surface area contributed by atoms with Crippen molar-refractivity contribution in [2.75, 3.05) is 44.3 Å². The minimum atomic E-state index is -0.730. The number of anilines is 1. The van der Waals surface area contributed by atoms with Gasteiger partial charge in [-0.25, -0.2) is 0 Å². The van der Waals surface area contributed by atoms with Gasteiger partial charge in [0.15, 0.2) is 0 Å². The quantitative estimate of drug-likeness (QED) is 0.682. The van der Waals surface area contributed by atoms with Crippen LogP contribution in [0.1, 0.15) is 48.0 Å². The SMILES string of the molecule is Cc1ccccc1C(=O)N1CCC2(CC1)C(=O)N(CC(=O)N1CCCCC1)CN2c1ccccc1. The summed E-state index contributed by atoms with van der Waals surface area (Å²) in [5.74, 6) is 0.0665. The average molecular weight is 475 g/mol. The zero-order valence-corrected chi connectivity index (χ0v) is 20.5. The molecule has 0 radical (unpaired) electrons. The van der Waals surface area contributed by atoms with Crippen molar-refractivity contribution in [3.8, 4) is 0 Å². The Morgan fingerprint density at radius 1 is 0.829 bits per heavy atom. The first-order valence-electron chi connectivity index (χ1n) is 12.7. The summed E-state index contributed by atoms with van der Waals surface area (Å²) in [5.41, 5.74) is 1.93. The van der Waals surface area contributed by atoms with Gasteiger partial charge in [0, 0.05) is 37.4 Å². The molecule has 0 bridgehead atoms. The molecular weight excluding hydrogens is 440 g/mol. The van der Waals surface area contributed by atoms with Crippen LogP contribution < -0.4 is 4.90 Å². The predicted molar refractivity (Wildman–Crippen MR) is 135 cm³/mol. The molecule has 5 rings (SSSR count). The lowest BCUT2D eigenvalue weighted by molar-refractivity contribution is -0.141. The molecule has 0 saturated carbocycles. The number of benzene rings is 2.